The lowest BCUT2D eigenvalue weighted by Crippen LogP contribution is -2.26. The summed E-state index contributed by atoms with van der Waals surface area (Å²) in [5.74, 6) is 0.647. The molecule has 1 saturated heterocycles. The molecule has 0 unspecified atom stereocenters. The molecule has 1 aliphatic heterocycles. The van der Waals surface area contributed by atoms with E-state index in [4.69, 9.17) is 4.74 Å². The zero-order valence-corrected chi connectivity index (χ0v) is 16.1. The fraction of sp³-hybridized carbons (Fsp3) is 0.471. The second kappa shape index (κ2) is 7.72. The third-order valence-corrected chi connectivity index (χ3v) is 6.83. The molecule has 2 heterocycles. The summed E-state index contributed by atoms with van der Waals surface area (Å²) in [7, 11) is -1.97. The Morgan fingerprint density at radius 3 is 2.76 bits per heavy atom. The maximum Gasteiger partial charge on any atom is 0.240 e. The summed E-state index contributed by atoms with van der Waals surface area (Å²) in [5.41, 5.74) is 1.60. The Hall–Kier alpha value is -1.64. The standard InChI is InChI=1S/C17H23N3O3S2/c1-13-11-15(23-2)5-6-16(13)25(21,22)18-8-7-14-12-24-17(19-14)20-9-3-4-10-20/h5-6,11-12,18H,3-4,7-10H2,1-2H3. The molecule has 2 aromatic rings. The van der Waals surface area contributed by atoms with Gasteiger partial charge < -0.3 is 9.64 Å². The van der Waals surface area contributed by atoms with Gasteiger partial charge in [-0.1, -0.05) is 0 Å². The van der Waals surface area contributed by atoms with Crippen molar-refractivity contribution in [2.45, 2.75) is 31.1 Å². The maximum atomic E-state index is 12.5. The third kappa shape index (κ3) is 4.31. The van der Waals surface area contributed by atoms with Crippen molar-refractivity contribution in [1.82, 2.24) is 9.71 Å². The van der Waals surface area contributed by atoms with E-state index >= 15 is 0 Å². The second-order valence-corrected chi connectivity index (χ2v) is 8.67. The highest BCUT2D eigenvalue weighted by atomic mass is 32.2. The Bertz CT molecular complexity index is 827. The van der Waals surface area contributed by atoms with Crippen LogP contribution < -0.4 is 14.4 Å². The van der Waals surface area contributed by atoms with Crippen LogP contribution in [0.1, 0.15) is 24.1 Å². The summed E-state index contributed by atoms with van der Waals surface area (Å²) in [5, 5.41) is 3.06. The minimum Gasteiger partial charge on any atom is -0.497 e. The van der Waals surface area contributed by atoms with E-state index in [2.05, 4.69) is 14.6 Å². The van der Waals surface area contributed by atoms with Crippen LogP contribution in [0.15, 0.2) is 28.5 Å². The van der Waals surface area contributed by atoms with E-state index in [1.807, 2.05) is 5.38 Å². The van der Waals surface area contributed by atoms with E-state index in [0.29, 0.717) is 24.3 Å². The van der Waals surface area contributed by atoms with E-state index in [1.54, 1.807) is 43.6 Å². The van der Waals surface area contributed by atoms with Crippen LogP contribution in [-0.2, 0) is 16.4 Å². The van der Waals surface area contributed by atoms with Crippen molar-refractivity contribution in [1.29, 1.82) is 0 Å². The normalized spacial score (nSPS) is 14.9. The molecule has 6 nitrogen and oxygen atoms in total. The molecule has 0 bridgehead atoms. The number of nitrogens with one attached hydrogen (secondary N) is 1. The molecule has 8 heteroatoms. The average Bonchev–Trinajstić information content (AvgIpc) is 3.25. The first-order chi connectivity index (χ1) is 12.0. The number of hydrogen-bond donors (Lipinski definition) is 1. The minimum atomic E-state index is -3.54. The first kappa shape index (κ1) is 18.2. The van der Waals surface area contributed by atoms with Crippen LogP contribution >= 0.6 is 11.3 Å². The van der Waals surface area contributed by atoms with Crippen molar-refractivity contribution in [2.75, 3.05) is 31.6 Å². The van der Waals surface area contributed by atoms with Crippen LogP contribution in [-0.4, -0.2) is 40.1 Å². The summed E-state index contributed by atoms with van der Waals surface area (Å²) in [4.78, 5) is 7.19. The number of sulfonamides is 1. The molecule has 25 heavy (non-hydrogen) atoms. The minimum absolute atomic E-state index is 0.282. The van der Waals surface area contributed by atoms with Crippen LogP contribution in [0, 0.1) is 6.92 Å². The number of rotatable bonds is 7. The van der Waals surface area contributed by atoms with E-state index in [9.17, 15) is 8.42 Å². The number of hydrogen-bond acceptors (Lipinski definition) is 6. The van der Waals surface area contributed by atoms with Gasteiger partial charge in [-0.2, -0.15) is 0 Å². The summed E-state index contributed by atoms with van der Waals surface area (Å²) < 4.78 is 32.7. The van der Waals surface area contributed by atoms with Gasteiger partial charge in [0, 0.05) is 31.4 Å². The van der Waals surface area contributed by atoms with Gasteiger partial charge in [-0.3, -0.25) is 0 Å². The highest BCUT2D eigenvalue weighted by Gasteiger charge is 2.18. The fourth-order valence-corrected chi connectivity index (χ4v) is 5.08. The van der Waals surface area contributed by atoms with Crippen molar-refractivity contribution < 1.29 is 13.2 Å². The molecule has 3 rings (SSSR count). The maximum absolute atomic E-state index is 12.5. The molecule has 1 aromatic heterocycles. The molecule has 0 radical (unpaired) electrons. The number of anilines is 1. The van der Waals surface area contributed by atoms with Crippen molar-refractivity contribution in [3.05, 3.63) is 34.8 Å². The SMILES string of the molecule is COc1ccc(S(=O)(=O)NCCc2csc(N3CCCC3)n2)c(C)c1. The number of methoxy groups -OCH3 is 1. The molecule has 1 N–H and O–H groups in total. The van der Waals surface area contributed by atoms with Crippen LogP contribution in [0.2, 0.25) is 0 Å². The number of thiazole rings is 1. The van der Waals surface area contributed by atoms with Crippen molar-refractivity contribution >= 4 is 26.5 Å². The number of aryl methyl sites for hydroxylation is 1. The first-order valence-electron chi connectivity index (χ1n) is 8.33. The topological polar surface area (TPSA) is 71.5 Å². The summed E-state index contributed by atoms with van der Waals surface area (Å²) in [6, 6.07) is 4.95. The number of aromatic nitrogens is 1. The van der Waals surface area contributed by atoms with Gasteiger partial charge >= 0.3 is 0 Å². The fourth-order valence-electron chi connectivity index (χ4n) is 2.91. The van der Waals surface area contributed by atoms with Gasteiger partial charge in [-0.05, 0) is 43.5 Å². The number of benzene rings is 1. The van der Waals surface area contributed by atoms with Gasteiger partial charge in [0.15, 0.2) is 5.13 Å². The lowest BCUT2D eigenvalue weighted by molar-refractivity contribution is 0.414. The molecule has 1 aromatic carbocycles. The number of nitrogens with zero attached hydrogens (tertiary/aromatic N) is 2. The Kier molecular flexibility index (Phi) is 5.61. The first-order valence-corrected chi connectivity index (χ1v) is 10.7. The summed E-state index contributed by atoms with van der Waals surface area (Å²) >= 11 is 1.63. The molecule has 0 atom stereocenters. The highest BCUT2D eigenvalue weighted by molar-refractivity contribution is 7.89. The van der Waals surface area contributed by atoms with Crippen molar-refractivity contribution in [3.63, 3.8) is 0 Å². The Labute approximate surface area is 152 Å². The molecular weight excluding hydrogens is 358 g/mol. The van der Waals surface area contributed by atoms with E-state index in [1.165, 1.54) is 12.8 Å². The summed E-state index contributed by atoms with van der Waals surface area (Å²) in [6.07, 6.45) is 3.02. The zero-order chi connectivity index (χ0) is 17.9. The quantitative estimate of drug-likeness (QED) is 0.798. The number of ether oxygens (including phenoxy) is 1. The molecule has 0 amide bonds. The molecular formula is C17H23N3O3S2. The van der Waals surface area contributed by atoms with Gasteiger partial charge in [0.05, 0.1) is 17.7 Å². The molecule has 0 saturated carbocycles. The predicted molar refractivity (Wildman–Crippen MR) is 100 cm³/mol. The molecule has 0 spiro atoms. The largest absolute Gasteiger partial charge is 0.497 e. The van der Waals surface area contributed by atoms with Crippen LogP contribution in [0.25, 0.3) is 0 Å². The van der Waals surface area contributed by atoms with Crippen molar-refractivity contribution in [3.8, 4) is 5.75 Å². The smallest absolute Gasteiger partial charge is 0.240 e. The summed E-state index contributed by atoms with van der Waals surface area (Å²) in [6.45, 7) is 4.23. The van der Waals surface area contributed by atoms with Gasteiger partial charge in [0.1, 0.15) is 5.75 Å². The molecule has 0 aliphatic carbocycles. The van der Waals surface area contributed by atoms with Gasteiger partial charge in [-0.25, -0.2) is 18.1 Å². The Balaban J connectivity index is 1.59. The molecule has 136 valence electrons. The van der Waals surface area contributed by atoms with Gasteiger partial charge in [-0.15, -0.1) is 11.3 Å². The van der Waals surface area contributed by atoms with Crippen molar-refractivity contribution in [2.24, 2.45) is 0 Å². The third-order valence-electron chi connectivity index (χ3n) is 4.26. The zero-order valence-electron chi connectivity index (χ0n) is 14.5. The molecule has 1 fully saturated rings. The van der Waals surface area contributed by atoms with Gasteiger partial charge in [0.25, 0.3) is 0 Å². The Morgan fingerprint density at radius 2 is 2.08 bits per heavy atom. The lowest BCUT2D eigenvalue weighted by atomic mass is 10.2. The van der Waals surface area contributed by atoms with E-state index < -0.39 is 10.0 Å². The Morgan fingerprint density at radius 1 is 1.32 bits per heavy atom. The van der Waals surface area contributed by atoms with Crippen LogP contribution in [0.3, 0.4) is 0 Å². The predicted octanol–water partition coefficient (Wildman–Crippen LogP) is 2.58. The second-order valence-electron chi connectivity index (χ2n) is 6.09. The monoisotopic (exact) mass is 381 g/mol. The lowest BCUT2D eigenvalue weighted by Gasteiger charge is -2.12. The van der Waals surface area contributed by atoms with E-state index in [-0.39, 0.29) is 4.90 Å². The van der Waals surface area contributed by atoms with E-state index in [0.717, 1.165) is 23.9 Å². The van der Waals surface area contributed by atoms with Crippen LogP contribution in [0.4, 0.5) is 5.13 Å². The average molecular weight is 382 g/mol. The highest BCUT2D eigenvalue weighted by Crippen LogP contribution is 2.24. The van der Waals surface area contributed by atoms with Crippen LogP contribution in [0.5, 0.6) is 5.75 Å². The molecule has 1 aliphatic rings. The van der Waals surface area contributed by atoms with Gasteiger partial charge in [0.2, 0.25) is 10.0 Å².